The third-order valence-electron chi connectivity index (χ3n) is 5.37. The van der Waals surface area contributed by atoms with Crippen LogP contribution >= 0.6 is 22.6 Å². The first-order valence-electron chi connectivity index (χ1n) is 10.1. The zero-order valence-electron chi connectivity index (χ0n) is 16.9. The highest BCUT2D eigenvalue weighted by atomic mass is 127. The molecule has 4 aromatic carbocycles. The second-order valence-electron chi connectivity index (χ2n) is 7.51. The van der Waals surface area contributed by atoms with Crippen molar-refractivity contribution in [2.24, 2.45) is 0 Å². The van der Waals surface area contributed by atoms with E-state index in [1.165, 1.54) is 5.56 Å². The fourth-order valence-corrected chi connectivity index (χ4v) is 4.26. The molecular formula is C27H19IN2O. The first kappa shape index (κ1) is 19.7. The van der Waals surface area contributed by atoms with E-state index in [2.05, 4.69) is 65.9 Å². The van der Waals surface area contributed by atoms with E-state index in [4.69, 9.17) is 4.98 Å². The maximum atomic E-state index is 13.7. The zero-order valence-corrected chi connectivity index (χ0v) is 19.1. The molecule has 0 spiro atoms. The van der Waals surface area contributed by atoms with Gasteiger partial charge in [-0.1, -0.05) is 72.3 Å². The molecule has 5 rings (SSSR count). The largest absolute Gasteiger partial charge is 0.268 e. The molecule has 0 saturated heterocycles. The van der Waals surface area contributed by atoms with Gasteiger partial charge < -0.3 is 0 Å². The molecule has 150 valence electrons. The maximum Gasteiger partial charge on any atom is 0.266 e. The minimum atomic E-state index is -0.0663. The van der Waals surface area contributed by atoms with Crippen molar-refractivity contribution in [2.75, 3.05) is 0 Å². The molecule has 0 radical (unpaired) electrons. The molecule has 0 aliphatic heterocycles. The summed E-state index contributed by atoms with van der Waals surface area (Å²) in [6.07, 6.45) is 3.92. The third-order valence-corrected chi connectivity index (χ3v) is 6.04. The van der Waals surface area contributed by atoms with Crippen molar-refractivity contribution in [3.8, 4) is 5.69 Å². The topological polar surface area (TPSA) is 34.9 Å². The van der Waals surface area contributed by atoms with Gasteiger partial charge in [0.25, 0.3) is 5.56 Å². The molecule has 1 heterocycles. The van der Waals surface area contributed by atoms with Crippen molar-refractivity contribution in [1.29, 1.82) is 0 Å². The van der Waals surface area contributed by atoms with Gasteiger partial charge in [0, 0.05) is 8.96 Å². The normalized spacial score (nSPS) is 11.5. The molecular weight excluding hydrogens is 495 g/mol. The summed E-state index contributed by atoms with van der Waals surface area (Å²) in [5, 5.41) is 2.72. The average molecular weight is 514 g/mol. The summed E-state index contributed by atoms with van der Waals surface area (Å²) < 4.78 is 2.74. The van der Waals surface area contributed by atoms with Gasteiger partial charge in [0.1, 0.15) is 5.82 Å². The highest BCUT2D eigenvalue weighted by molar-refractivity contribution is 14.1. The summed E-state index contributed by atoms with van der Waals surface area (Å²) in [5.74, 6) is 0.607. The van der Waals surface area contributed by atoms with Crippen LogP contribution in [0.2, 0.25) is 0 Å². The predicted molar refractivity (Wildman–Crippen MR) is 138 cm³/mol. The van der Waals surface area contributed by atoms with Gasteiger partial charge in [-0.2, -0.15) is 0 Å². The summed E-state index contributed by atoms with van der Waals surface area (Å²) in [6.45, 7) is 2.07. The van der Waals surface area contributed by atoms with E-state index >= 15 is 0 Å². The molecule has 0 unspecified atom stereocenters. The van der Waals surface area contributed by atoms with E-state index in [0.717, 1.165) is 25.6 Å². The van der Waals surface area contributed by atoms with Crippen LogP contribution in [0.15, 0.2) is 89.7 Å². The third kappa shape index (κ3) is 3.79. The number of fused-ring (bicyclic) bond motifs is 2. The molecule has 3 nitrogen and oxygen atoms in total. The molecule has 0 saturated carbocycles. The Labute approximate surface area is 193 Å². The van der Waals surface area contributed by atoms with Crippen LogP contribution in [0, 0.1) is 10.5 Å². The van der Waals surface area contributed by atoms with Crippen LogP contribution in [-0.2, 0) is 0 Å². The van der Waals surface area contributed by atoms with Gasteiger partial charge in [-0.25, -0.2) is 4.98 Å². The SMILES string of the molecule is Cc1ccc(/C=C/c2nc3ccc(I)cc3c(=O)n2-c2cccc3ccccc23)cc1. The second-order valence-corrected chi connectivity index (χ2v) is 8.76. The Morgan fingerprint density at radius 2 is 1.61 bits per heavy atom. The minimum Gasteiger partial charge on any atom is -0.268 e. The van der Waals surface area contributed by atoms with Crippen LogP contribution in [0.4, 0.5) is 0 Å². The molecule has 1 aromatic heterocycles. The number of hydrogen-bond acceptors (Lipinski definition) is 2. The fourth-order valence-electron chi connectivity index (χ4n) is 3.77. The molecule has 0 atom stereocenters. The Morgan fingerprint density at radius 3 is 2.45 bits per heavy atom. The lowest BCUT2D eigenvalue weighted by Gasteiger charge is -2.14. The lowest BCUT2D eigenvalue weighted by atomic mass is 10.1. The Hall–Kier alpha value is -3.25. The fraction of sp³-hybridized carbons (Fsp3) is 0.0370. The zero-order chi connectivity index (χ0) is 21.4. The molecule has 31 heavy (non-hydrogen) atoms. The van der Waals surface area contributed by atoms with E-state index < -0.39 is 0 Å². The predicted octanol–water partition coefficient (Wildman–Crippen LogP) is 6.62. The van der Waals surface area contributed by atoms with Crippen LogP contribution in [0.5, 0.6) is 0 Å². The first-order chi connectivity index (χ1) is 15.1. The van der Waals surface area contributed by atoms with Gasteiger partial charge in [-0.05, 0) is 70.8 Å². The summed E-state index contributed by atoms with van der Waals surface area (Å²) in [7, 11) is 0. The quantitative estimate of drug-likeness (QED) is 0.254. The number of nitrogens with zero attached hydrogens (tertiary/aromatic N) is 2. The number of aromatic nitrogens is 2. The van der Waals surface area contributed by atoms with Crippen molar-refractivity contribution < 1.29 is 0 Å². The van der Waals surface area contributed by atoms with Gasteiger partial charge in [0.05, 0.1) is 16.6 Å². The van der Waals surface area contributed by atoms with Gasteiger partial charge in [-0.15, -0.1) is 0 Å². The number of halogens is 1. The smallest absolute Gasteiger partial charge is 0.266 e. The van der Waals surface area contributed by atoms with Gasteiger partial charge in [0.2, 0.25) is 0 Å². The number of rotatable bonds is 3. The van der Waals surface area contributed by atoms with Gasteiger partial charge in [-0.3, -0.25) is 9.36 Å². The summed E-state index contributed by atoms with van der Waals surface area (Å²) in [4.78, 5) is 18.6. The number of aryl methyl sites for hydroxylation is 1. The average Bonchev–Trinajstić information content (AvgIpc) is 2.79. The van der Waals surface area contributed by atoms with Crippen LogP contribution < -0.4 is 5.56 Å². The molecule has 0 bridgehead atoms. The summed E-state index contributed by atoms with van der Waals surface area (Å²) >= 11 is 2.23. The molecule has 0 amide bonds. The van der Waals surface area contributed by atoms with E-state index in [9.17, 15) is 4.79 Å². The van der Waals surface area contributed by atoms with Gasteiger partial charge >= 0.3 is 0 Å². The Bertz CT molecular complexity index is 1510. The van der Waals surface area contributed by atoms with Crippen molar-refractivity contribution in [2.45, 2.75) is 6.92 Å². The Kier molecular flexibility index (Phi) is 5.16. The van der Waals surface area contributed by atoms with Crippen molar-refractivity contribution in [3.05, 3.63) is 116 Å². The second kappa shape index (κ2) is 8.12. The number of benzene rings is 4. The van der Waals surface area contributed by atoms with Crippen LogP contribution in [0.25, 0.3) is 39.5 Å². The molecule has 0 aliphatic carbocycles. The van der Waals surface area contributed by atoms with E-state index in [-0.39, 0.29) is 5.56 Å². The molecule has 5 aromatic rings. The van der Waals surface area contributed by atoms with Crippen molar-refractivity contribution >= 4 is 56.4 Å². The van der Waals surface area contributed by atoms with Crippen LogP contribution in [-0.4, -0.2) is 9.55 Å². The summed E-state index contributed by atoms with van der Waals surface area (Å²) in [5.41, 5.74) is 3.74. The molecule has 0 aliphatic rings. The lowest BCUT2D eigenvalue weighted by molar-refractivity contribution is 0.951. The van der Waals surface area contributed by atoms with Gasteiger partial charge in [0.15, 0.2) is 0 Å². The monoisotopic (exact) mass is 514 g/mol. The summed E-state index contributed by atoms with van der Waals surface area (Å²) in [6, 6.07) is 28.2. The van der Waals surface area contributed by atoms with Crippen molar-refractivity contribution in [1.82, 2.24) is 9.55 Å². The standard InChI is InChI=1S/C27H19IN2O/c1-18-9-11-19(12-10-18)13-16-26-29-24-15-14-21(28)17-23(24)27(31)30(26)25-8-4-6-20-5-2-3-7-22(20)25/h2-17H,1H3/b16-13+. The van der Waals surface area contributed by atoms with E-state index in [1.807, 2.05) is 60.7 Å². The molecule has 4 heteroatoms. The molecule has 0 N–H and O–H groups in total. The van der Waals surface area contributed by atoms with Crippen molar-refractivity contribution in [3.63, 3.8) is 0 Å². The van der Waals surface area contributed by atoms with E-state index in [0.29, 0.717) is 16.7 Å². The minimum absolute atomic E-state index is 0.0663. The first-order valence-corrected chi connectivity index (χ1v) is 11.1. The maximum absolute atomic E-state index is 13.7. The van der Waals surface area contributed by atoms with Crippen LogP contribution in [0.1, 0.15) is 17.0 Å². The Balaban J connectivity index is 1.80. The van der Waals surface area contributed by atoms with Crippen LogP contribution in [0.3, 0.4) is 0 Å². The lowest BCUT2D eigenvalue weighted by Crippen LogP contribution is -2.22. The Morgan fingerprint density at radius 1 is 0.839 bits per heavy atom. The molecule has 0 fully saturated rings. The number of hydrogen-bond donors (Lipinski definition) is 0. The van der Waals surface area contributed by atoms with E-state index in [1.54, 1.807) is 4.57 Å². The highest BCUT2D eigenvalue weighted by Gasteiger charge is 2.13. The highest BCUT2D eigenvalue weighted by Crippen LogP contribution is 2.24.